The zero-order chi connectivity index (χ0) is 22.0. The quantitative estimate of drug-likeness (QED) is 0.554. The third-order valence-electron chi connectivity index (χ3n) is 5.05. The molecule has 0 atom stereocenters. The van der Waals surface area contributed by atoms with Gasteiger partial charge in [-0.15, -0.1) is 0 Å². The highest BCUT2D eigenvalue weighted by Gasteiger charge is 2.28. The van der Waals surface area contributed by atoms with Crippen LogP contribution in [0.5, 0.6) is 0 Å². The minimum Gasteiger partial charge on any atom is -0.455 e. The third-order valence-corrected chi connectivity index (χ3v) is 5.30. The molecule has 0 saturated carbocycles. The Balaban J connectivity index is 1.57. The first-order valence-corrected chi connectivity index (χ1v) is 10.1. The van der Waals surface area contributed by atoms with Crippen molar-refractivity contribution < 1.29 is 18.4 Å². The molecule has 0 bridgehead atoms. The van der Waals surface area contributed by atoms with Crippen molar-refractivity contribution in [2.75, 3.05) is 5.32 Å². The first kappa shape index (κ1) is 20.8. The molecule has 0 fully saturated rings. The molecular weight excluding hydrogens is 421 g/mol. The van der Waals surface area contributed by atoms with Crippen LogP contribution in [0.1, 0.15) is 50.6 Å². The molecule has 0 unspecified atom stereocenters. The molecule has 0 spiro atoms. The van der Waals surface area contributed by atoms with Crippen molar-refractivity contribution in [1.82, 2.24) is 5.43 Å². The number of nitrogens with one attached hydrogen (secondary N) is 2. The van der Waals surface area contributed by atoms with Gasteiger partial charge in [-0.25, -0.2) is 9.82 Å². The SMILES string of the molecule is Cc1c(C(=O)Nc2ccccc2F)oc2c1/C(=N/NC(=O)c1ccc(Cl)cc1)CCC2. The molecule has 8 heteroatoms. The standard InChI is InChI=1S/C23H19ClFN3O3/c1-13-20-18(27-28-22(29)14-9-11-15(24)12-10-14)7-4-8-19(20)31-21(13)23(30)26-17-6-3-2-5-16(17)25/h2-3,5-6,9-12H,4,7-8H2,1H3,(H,26,30)(H,28,29)/b27-18+. The van der Waals surface area contributed by atoms with Gasteiger partial charge in [-0.3, -0.25) is 9.59 Å². The Bertz CT molecular complexity index is 1190. The van der Waals surface area contributed by atoms with E-state index in [1.165, 1.54) is 12.1 Å². The van der Waals surface area contributed by atoms with Crippen molar-refractivity contribution in [2.24, 2.45) is 5.10 Å². The predicted molar refractivity (Wildman–Crippen MR) is 116 cm³/mol. The number of rotatable bonds is 4. The molecule has 6 nitrogen and oxygen atoms in total. The average Bonchev–Trinajstić information content (AvgIpc) is 3.11. The van der Waals surface area contributed by atoms with Crippen LogP contribution >= 0.6 is 11.6 Å². The number of fused-ring (bicyclic) bond motifs is 1. The van der Waals surface area contributed by atoms with E-state index in [0.717, 1.165) is 6.42 Å². The Labute approximate surface area is 183 Å². The Morgan fingerprint density at radius 3 is 2.55 bits per heavy atom. The van der Waals surface area contributed by atoms with Crippen LogP contribution < -0.4 is 10.7 Å². The van der Waals surface area contributed by atoms with Crippen molar-refractivity contribution in [3.05, 3.63) is 87.6 Å². The number of aryl methyl sites for hydroxylation is 1. The number of hydrogen-bond donors (Lipinski definition) is 2. The van der Waals surface area contributed by atoms with E-state index in [0.29, 0.717) is 46.0 Å². The molecule has 3 aromatic rings. The molecule has 2 aromatic carbocycles. The number of hydrogen-bond acceptors (Lipinski definition) is 4. The van der Waals surface area contributed by atoms with Gasteiger partial charge < -0.3 is 9.73 Å². The maximum Gasteiger partial charge on any atom is 0.291 e. The maximum atomic E-state index is 13.9. The van der Waals surface area contributed by atoms with Crippen LogP contribution in [0.25, 0.3) is 0 Å². The second kappa shape index (κ2) is 8.73. The zero-order valence-corrected chi connectivity index (χ0v) is 17.4. The fourth-order valence-corrected chi connectivity index (χ4v) is 3.65. The number of amides is 2. The summed E-state index contributed by atoms with van der Waals surface area (Å²) in [5, 5.41) is 7.36. The van der Waals surface area contributed by atoms with Crippen molar-refractivity contribution in [3.63, 3.8) is 0 Å². The van der Waals surface area contributed by atoms with Crippen molar-refractivity contribution >= 4 is 34.8 Å². The number of carbonyl (C=O) groups excluding carboxylic acids is 2. The third kappa shape index (κ3) is 4.36. The maximum absolute atomic E-state index is 13.9. The average molecular weight is 440 g/mol. The second-order valence-corrected chi connectivity index (χ2v) is 7.58. The van der Waals surface area contributed by atoms with E-state index >= 15 is 0 Å². The summed E-state index contributed by atoms with van der Waals surface area (Å²) in [4.78, 5) is 25.1. The van der Waals surface area contributed by atoms with Gasteiger partial charge in [0.05, 0.1) is 11.4 Å². The van der Waals surface area contributed by atoms with Gasteiger partial charge in [0.1, 0.15) is 11.6 Å². The monoisotopic (exact) mass is 439 g/mol. The van der Waals surface area contributed by atoms with Crippen LogP contribution in [0.3, 0.4) is 0 Å². The topological polar surface area (TPSA) is 83.7 Å². The molecule has 2 N–H and O–H groups in total. The minimum absolute atomic E-state index is 0.0744. The van der Waals surface area contributed by atoms with Gasteiger partial charge in [-0.05, 0) is 56.2 Å². The lowest BCUT2D eigenvalue weighted by Gasteiger charge is -2.13. The molecule has 158 valence electrons. The van der Waals surface area contributed by atoms with E-state index in [4.69, 9.17) is 16.0 Å². The highest BCUT2D eigenvalue weighted by Crippen LogP contribution is 2.30. The van der Waals surface area contributed by atoms with E-state index in [9.17, 15) is 14.0 Å². The summed E-state index contributed by atoms with van der Waals surface area (Å²) in [6.07, 6.45) is 2.04. The summed E-state index contributed by atoms with van der Waals surface area (Å²) >= 11 is 5.85. The van der Waals surface area contributed by atoms with E-state index in [1.54, 1.807) is 43.3 Å². The number of benzene rings is 2. The van der Waals surface area contributed by atoms with Gasteiger partial charge in [-0.2, -0.15) is 5.10 Å². The van der Waals surface area contributed by atoms with Gasteiger partial charge in [0.15, 0.2) is 5.76 Å². The predicted octanol–water partition coefficient (Wildman–Crippen LogP) is 5.10. The summed E-state index contributed by atoms with van der Waals surface area (Å²) in [7, 11) is 0. The van der Waals surface area contributed by atoms with Crippen LogP contribution in [-0.2, 0) is 6.42 Å². The van der Waals surface area contributed by atoms with Gasteiger partial charge in [-0.1, -0.05) is 23.7 Å². The molecule has 0 radical (unpaired) electrons. The summed E-state index contributed by atoms with van der Waals surface area (Å²) in [6, 6.07) is 12.4. The lowest BCUT2D eigenvalue weighted by molar-refractivity contribution is 0.0953. The zero-order valence-electron chi connectivity index (χ0n) is 16.7. The number of hydrazone groups is 1. The van der Waals surface area contributed by atoms with Gasteiger partial charge in [0, 0.05) is 28.1 Å². The molecule has 4 rings (SSSR count). The Morgan fingerprint density at radius 2 is 1.81 bits per heavy atom. The first-order valence-electron chi connectivity index (χ1n) is 9.75. The van der Waals surface area contributed by atoms with Crippen LogP contribution in [0.15, 0.2) is 58.0 Å². The number of furan rings is 1. The van der Waals surface area contributed by atoms with Gasteiger partial charge in [0.2, 0.25) is 0 Å². The molecule has 1 aromatic heterocycles. The summed E-state index contributed by atoms with van der Waals surface area (Å²) in [5.41, 5.74) is 5.00. The number of carbonyl (C=O) groups is 2. The fraction of sp³-hybridized carbons (Fsp3) is 0.174. The number of nitrogens with zero attached hydrogens (tertiary/aromatic N) is 1. The number of anilines is 1. The molecule has 1 aliphatic rings. The lowest BCUT2D eigenvalue weighted by Crippen LogP contribution is -2.22. The van der Waals surface area contributed by atoms with Crippen molar-refractivity contribution in [2.45, 2.75) is 26.2 Å². The highest BCUT2D eigenvalue weighted by atomic mass is 35.5. The highest BCUT2D eigenvalue weighted by molar-refractivity contribution is 6.30. The van der Waals surface area contributed by atoms with E-state index in [1.807, 2.05) is 0 Å². The number of para-hydroxylation sites is 1. The Hall–Kier alpha value is -3.45. The van der Waals surface area contributed by atoms with Crippen LogP contribution in [0, 0.1) is 12.7 Å². The molecule has 1 heterocycles. The van der Waals surface area contributed by atoms with Gasteiger partial charge in [0.25, 0.3) is 11.8 Å². The van der Waals surface area contributed by atoms with E-state index in [2.05, 4.69) is 15.8 Å². The molecule has 1 aliphatic carbocycles. The van der Waals surface area contributed by atoms with Crippen molar-refractivity contribution in [1.29, 1.82) is 0 Å². The number of halogens is 2. The van der Waals surface area contributed by atoms with Crippen LogP contribution in [-0.4, -0.2) is 17.5 Å². The Morgan fingerprint density at radius 1 is 1.06 bits per heavy atom. The van der Waals surface area contributed by atoms with Crippen molar-refractivity contribution in [3.8, 4) is 0 Å². The van der Waals surface area contributed by atoms with Crippen LogP contribution in [0.4, 0.5) is 10.1 Å². The lowest BCUT2D eigenvalue weighted by atomic mass is 9.93. The molecule has 2 amide bonds. The summed E-state index contributed by atoms with van der Waals surface area (Å²) < 4.78 is 19.7. The normalized spacial score (nSPS) is 14.2. The summed E-state index contributed by atoms with van der Waals surface area (Å²) in [6.45, 7) is 1.75. The molecule has 31 heavy (non-hydrogen) atoms. The Kier molecular flexibility index (Phi) is 5.86. The molecule has 0 saturated heterocycles. The van der Waals surface area contributed by atoms with Gasteiger partial charge >= 0.3 is 0 Å². The smallest absolute Gasteiger partial charge is 0.291 e. The van der Waals surface area contributed by atoms with Crippen LogP contribution in [0.2, 0.25) is 5.02 Å². The molecule has 0 aliphatic heterocycles. The second-order valence-electron chi connectivity index (χ2n) is 7.15. The first-order chi connectivity index (χ1) is 14.9. The largest absolute Gasteiger partial charge is 0.455 e. The van der Waals surface area contributed by atoms with E-state index in [-0.39, 0.29) is 17.4 Å². The molecular formula is C23H19ClFN3O3. The minimum atomic E-state index is -0.540. The van der Waals surface area contributed by atoms with E-state index < -0.39 is 11.7 Å². The fourth-order valence-electron chi connectivity index (χ4n) is 3.52. The summed E-state index contributed by atoms with van der Waals surface area (Å²) in [5.74, 6) is -0.706.